The molecule has 0 spiro atoms. The second-order valence-electron chi connectivity index (χ2n) is 4.33. The van der Waals surface area contributed by atoms with Gasteiger partial charge in [-0.2, -0.15) is 0 Å². The summed E-state index contributed by atoms with van der Waals surface area (Å²) in [6.07, 6.45) is 3.02. The Morgan fingerprint density at radius 2 is 2.27 bits per heavy atom. The third-order valence-electron chi connectivity index (χ3n) is 2.84. The lowest BCUT2D eigenvalue weighted by Gasteiger charge is -2.29. The molecule has 1 aliphatic heterocycles. The molecule has 0 saturated carbocycles. The maximum absolute atomic E-state index is 11.3. The summed E-state index contributed by atoms with van der Waals surface area (Å²) >= 11 is 0. The first kappa shape index (κ1) is 12.5. The van der Waals surface area contributed by atoms with Crippen LogP contribution in [-0.4, -0.2) is 50.2 Å². The number of carbonyl (C=O) groups is 1. The maximum Gasteiger partial charge on any atom is 0.224 e. The van der Waals surface area contributed by atoms with Gasteiger partial charge in [-0.1, -0.05) is 0 Å². The highest BCUT2D eigenvalue weighted by molar-refractivity contribution is 5.75. The molecule has 1 saturated heterocycles. The summed E-state index contributed by atoms with van der Waals surface area (Å²) in [6.45, 7) is 3.75. The van der Waals surface area contributed by atoms with Crippen LogP contribution >= 0.6 is 0 Å². The molecule has 1 rings (SSSR count). The number of ether oxygens (including phenoxy) is 1. The summed E-state index contributed by atoms with van der Waals surface area (Å²) in [5.74, 6) is 0.131. The van der Waals surface area contributed by atoms with Crippen molar-refractivity contribution in [3.8, 4) is 0 Å². The van der Waals surface area contributed by atoms with Crippen molar-refractivity contribution in [2.75, 3.05) is 27.2 Å². The van der Waals surface area contributed by atoms with Gasteiger partial charge in [-0.3, -0.25) is 4.79 Å². The SMILES string of the molecule is CC1NCCCC1OCCC(=O)N(C)C. The molecule has 0 aromatic rings. The molecule has 0 bridgehead atoms. The molecule has 1 fully saturated rings. The Morgan fingerprint density at radius 3 is 2.87 bits per heavy atom. The Hall–Kier alpha value is -0.610. The molecule has 0 aliphatic carbocycles. The first-order valence-corrected chi connectivity index (χ1v) is 5.66. The van der Waals surface area contributed by atoms with Gasteiger partial charge in [0.15, 0.2) is 0 Å². The van der Waals surface area contributed by atoms with Crippen molar-refractivity contribution in [2.24, 2.45) is 0 Å². The molecule has 4 nitrogen and oxygen atoms in total. The predicted molar refractivity (Wildman–Crippen MR) is 59.7 cm³/mol. The maximum atomic E-state index is 11.3. The normalized spacial score (nSPS) is 26.3. The number of hydrogen-bond donors (Lipinski definition) is 1. The topological polar surface area (TPSA) is 41.6 Å². The van der Waals surface area contributed by atoms with Gasteiger partial charge in [0.2, 0.25) is 5.91 Å². The van der Waals surface area contributed by atoms with Crippen molar-refractivity contribution in [3.05, 3.63) is 0 Å². The number of carbonyl (C=O) groups excluding carboxylic acids is 1. The lowest BCUT2D eigenvalue weighted by atomic mass is 10.0. The van der Waals surface area contributed by atoms with Crippen LogP contribution in [0.25, 0.3) is 0 Å². The fourth-order valence-corrected chi connectivity index (χ4v) is 1.76. The Kier molecular flexibility index (Phi) is 5.05. The number of piperidine rings is 1. The molecule has 1 N–H and O–H groups in total. The van der Waals surface area contributed by atoms with E-state index >= 15 is 0 Å². The van der Waals surface area contributed by atoms with E-state index in [1.165, 1.54) is 0 Å². The number of nitrogens with zero attached hydrogens (tertiary/aromatic N) is 1. The lowest BCUT2D eigenvalue weighted by molar-refractivity contribution is -0.130. The smallest absolute Gasteiger partial charge is 0.224 e. The number of amides is 1. The molecule has 0 aromatic heterocycles. The molecule has 1 amide bonds. The molecule has 15 heavy (non-hydrogen) atoms. The average molecular weight is 214 g/mol. The van der Waals surface area contributed by atoms with E-state index in [1.54, 1.807) is 19.0 Å². The van der Waals surface area contributed by atoms with E-state index in [2.05, 4.69) is 12.2 Å². The average Bonchev–Trinajstić information content (AvgIpc) is 2.20. The van der Waals surface area contributed by atoms with E-state index in [-0.39, 0.29) is 12.0 Å². The minimum absolute atomic E-state index is 0.131. The molecule has 1 heterocycles. The van der Waals surface area contributed by atoms with Gasteiger partial charge in [0.25, 0.3) is 0 Å². The van der Waals surface area contributed by atoms with Crippen LogP contribution in [0.2, 0.25) is 0 Å². The summed E-state index contributed by atoms with van der Waals surface area (Å²) in [6, 6.07) is 0.410. The highest BCUT2D eigenvalue weighted by atomic mass is 16.5. The van der Waals surface area contributed by atoms with Crippen molar-refractivity contribution in [1.82, 2.24) is 10.2 Å². The van der Waals surface area contributed by atoms with Gasteiger partial charge in [0.1, 0.15) is 0 Å². The van der Waals surface area contributed by atoms with Crippen LogP contribution < -0.4 is 5.32 Å². The zero-order chi connectivity index (χ0) is 11.3. The first-order valence-electron chi connectivity index (χ1n) is 5.66. The molecule has 0 aromatic carbocycles. The monoisotopic (exact) mass is 214 g/mol. The van der Waals surface area contributed by atoms with Gasteiger partial charge in [0.05, 0.1) is 19.1 Å². The minimum Gasteiger partial charge on any atom is -0.376 e. The van der Waals surface area contributed by atoms with Gasteiger partial charge in [-0.25, -0.2) is 0 Å². The van der Waals surface area contributed by atoms with E-state index in [1.807, 2.05) is 0 Å². The van der Waals surface area contributed by atoms with Crippen LogP contribution in [-0.2, 0) is 9.53 Å². The fraction of sp³-hybridized carbons (Fsp3) is 0.909. The Labute approximate surface area is 92.0 Å². The highest BCUT2D eigenvalue weighted by Crippen LogP contribution is 2.12. The molecular formula is C11H22N2O2. The van der Waals surface area contributed by atoms with Gasteiger partial charge >= 0.3 is 0 Å². The molecular weight excluding hydrogens is 192 g/mol. The van der Waals surface area contributed by atoms with Gasteiger partial charge in [-0.15, -0.1) is 0 Å². The van der Waals surface area contributed by atoms with Crippen LogP contribution in [0.4, 0.5) is 0 Å². The van der Waals surface area contributed by atoms with Crippen molar-refractivity contribution in [2.45, 2.75) is 38.3 Å². The van der Waals surface area contributed by atoms with Crippen molar-refractivity contribution in [3.63, 3.8) is 0 Å². The van der Waals surface area contributed by atoms with Crippen molar-refractivity contribution < 1.29 is 9.53 Å². The number of rotatable bonds is 4. The van der Waals surface area contributed by atoms with Crippen LogP contribution in [0.3, 0.4) is 0 Å². The summed E-state index contributed by atoms with van der Waals surface area (Å²) in [5, 5.41) is 3.37. The summed E-state index contributed by atoms with van der Waals surface area (Å²) in [7, 11) is 3.54. The zero-order valence-electron chi connectivity index (χ0n) is 9.95. The molecule has 4 heteroatoms. The number of nitrogens with one attached hydrogen (secondary N) is 1. The predicted octanol–water partition coefficient (Wildman–Crippen LogP) is 0.622. The van der Waals surface area contributed by atoms with E-state index in [4.69, 9.17) is 4.74 Å². The van der Waals surface area contributed by atoms with Crippen LogP contribution in [0.15, 0.2) is 0 Å². The second-order valence-corrected chi connectivity index (χ2v) is 4.33. The molecule has 2 atom stereocenters. The largest absolute Gasteiger partial charge is 0.376 e. The Bertz CT molecular complexity index is 207. The van der Waals surface area contributed by atoms with Crippen molar-refractivity contribution in [1.29, 1.82) is 0 Å². The standard InChI is InChI=1S/C11H22N2O2/c1-9-10(5-4-7-12-9)15-8-6-11(14)13(2)3/h9-10,12H,4-8H2,1-3H3. The Morgan fingerprint density at radius 1 is 1.53 bits per heavy atom. The van der Waals surface area contributed by atoms with Crippen molar-refractivity contribution >= 4 is 5.91 Å². The van der Waals surface area contributed by atoms with E-state index in [0.717, 1.165) is 19.4 Å². The molecule has 0 radical (unpaired) electrons. The van der Waals surface area contributed by atoms with Crippen LogP contribution in [0.1, 0.15) is 26.2 Å². The summed E-state index contributed by atoms with van der Waals surface area (Å²) in [5.41, 5.74) is 0. The molecule has 1 aliphatic rings. The first-order chi connectivity index (χ1) is 7.11. The lowest BCUT2D eigenvalue weighted by Crippen LogP contribution is -2.44. The quantitative estimate of drug-likeness (QED) is 0.746. The van der Waals surface area contributed by atoms with E-state index in [0.29, 0.717) is 19.1 Å². The third-order valence-corrected chi connectivity index (χ3v) is 2.84. The summed E-state index contributed by atoms with van der Waals surface area (Å²) in [4.78, 5) is 12.9. The van der Waals surface area contributed by atoms with Gasteiger partial charge < -0.3 is 15.0 Å². The van der Waals surface area contributed by atoms with Crippen LogP contribution in [0, 0.1) is 0 Å². The molecule has 88 valence electrons. The fourth-order valence-electron chi connectivity index (χ4n) is 1.76. The van der Waals surface area contributed by atoms with Crippen LogP contribution in [0.5, 0.6) is 0 Å². The van der Waals surface area contributed by atoms with E-state index < -0.39 is 0 Å². The molecule has 2 unspecified atom stereocenters. The third kappa shape index (κ3) is 4.18. The highest BCUT2D eigenvalue weighted by Gasteiger charge is 2.21. The number of hydrogen-bond acceptors (Lipinski definition) is 3. The zero-order valence-corrected chi connectivity index (χ0v) is 9.95. The summed E-state index contributed by atoms with van der Waals surface area (Å²) < 4.78 is 5.71. The van der Waals surface area contributed by atoms with E-state index in [9.17, 15) is 4.79 Å². The Balaban J connectivity index is 2.16. The van der Waals surface area contributed by atoms with Gasteiger partial charge in [0, 0.05) is 20.1 Å². The van der Waals surface area contributed by atoms with Gasteiger partial charge in [-0.05, 0) is 26.3 Å². The second kappa shape index (κ2) is 6.08. The minimum atomic E-state index is 0.131.